The smallest absolute Gasteiger partial charge is 0.196 e. The van der Waals surface area contributed by atoms with Crippen molar-refractivity contribution in [2.24, 2.45) is 0 Å². The predicted molar refractivity (Wildman–Crippen MR) is 99.9 cm³/mol. The van der Waals surface area contributed by atoms with Gasteiger partial charge in [0.15, 0.2) is 10.9 Å². The highest BCUT2D eigenvalue weighted by Crippen LogP contribution is 2.27. The molecule has 0 bridgehead atoms. The molecular formula is C18H16BrN3OS. The van der Waals surface area contributed by atoms with Gasteiger partial charge in [0.2, 0.25) is 0 Å². The second-order valence-electron chi connectivity index (χ2n) is 5.40. The lowest BCUT2D eigenvalue weighted by atomic mass is 10.1. The van der Waals surface area contributed by atoms with Crippen LogP contribution in [0.3, 0.4) is 0 Å². The van der Waals surface area contributed by atoms with Crippen molar-refractivity contribution in [1.82, 2.24) is 14.8 Å². The molecule has 3 aromatic rings. The van der Waals surface area contributed by atoms with Crippen LogP contribution < -0.4 is 0 Å². The zero-order chi connectivity index (χ0) is 17.1. The van der Waals surface area contributed by atoms with E-state index in [1.165, 1.54) is 11.8 Å². The summed E-state index contributed by atoms with van der Waals surface area (Å²) in [4.78, 5) is 12.6. The van der Waals surface area contributed by atoms with E-state index in [-0.39, 0.29) is 11.0 Å². The van der Waals surface area contributed by atoms with Gasteiger partial charge in [-0.3, -0.25) is 9.36 Å². The third kappa shape index (κ3) is 3.60. The van der Waals surface area contributed by atoms with Crippen molar-refractivity contribution < 1.29 is 4.79 Å². The van der Waals surface area contributed by atoms with Crippen molar-refractivity contribution >= 4 is 33.5 Å². The summed E-state index contributed by atoms with van der Waals surface area (Å²) in [7, 11) is 0. The number of rotatable bonds is 5. The summed E-state index contributed by atoms with van der Waals surface area (Å²) in [5, 5.41) is 8.65. The number of ketones is 1. The first-order chi connectivity index (χ1) is 11.6. The predicted octanol–water partition coefficient (Wildman–Crippen LogP) is 4.70. The van der Waals surface area contributed by atoms with Gasteiger partial charge in [0.05, 0.1) is 10.9 Å². The summed E-state index contributed by atoms with van der Waals surface area (Å²) in [5.41, 5.74) is 2.85. The van der Waals surface area contributed by atoms with E-state index < -0.39 is 0 Å². The largest absolute Gasteiger partial charge is 0.293 e. The Kier molecular flexibility index (Phi) is 5.16. The maximum atomic E-state index is 12.6. The summed E-state index contributed by atoms with van der Waals surface area (Å²) in [6.07, 6.45) is 1.68. The number of carbonyl (C=O) groups is 1. The van der Waals surface area contributed by atoms with E-state index in [0.29, 0.717) is 10.7 Å². The lowest BCUT2D eigenvalue weighted by Crippen LogP contribution is -2.14. The van der Waals surface area contributed by atoms with Gasteiger partial charge in [-0.25, -0.2) is 0 Å². The summed E-state index contributed by atoms with van der Waals surface area (Å²) < 4.78 is 2.88. The fraction of sp³-hybridized carbons (Fsp3) is 0.167. The van der Waals surface area contributed by atoms with Crippen LogP contribution in [0.15, 0.2) is 64.5 Å². The summed E-state index contributed by atoms with van der Waals surface area (Å²) in [5.74, 6) is 0.0758. The van der Waals surface area contributed by atoms with Crippen molar-refractivity contribution in [3.8, 4) is 5.69 Å². The second-order valence-corrected chi connectivity index (χ2v) is 7.62. The van der Waals surface area contributed by atoms with E-state index >= 15 is 0 Å². The molecule has 122 valence electrons. The van der Waals surface area contributed by atoms with Crippen molar-refractivity contribution in [2.75, 3.05) is 0 Å². The molecule has 0 saturated heterocycles. The lowest BCUT2D eigenvalue weighted by molar-refractivity contribution is 0.0994. The molecule has 3 rings (SSSR count). The van der Waals surface area contributed by atoms with Crippen LogP contribution >= 0.6 is 27.7 Å². The molecular weight excluding hydrogens is 386 g/mol. The Bertz CT molecular complexity index is 861. The molecule has 0 fully saturated rings. The number of aromatic nitrogens is 3. The molecule has 24 heavy (non-hydrogen) atoms. The molecule has 0 amide bonds. The number of Topliss-reactive ketones (excluding diaryl/α,β-unsaturated/α-hetero) is 1. The van der Waals surface area contributed by atoms with Crippen LogP contribution in [0.5, 0.6) is 0 Å². The molecule has 0 aliphatic carbocycles. The van der Waals surface area contributed by atoms with Crippen LogP contribution in [0, 0.1) is 6.92 Å². The van der Waals surface area contributed by atoms with Crippen molar-refractivity contribution in [2.45, 2.75) is 24.3 Å². The number of thioether (sulfide) groups is 1. The normalized spacial score (nSPS) is 12.1. The van der Waals surface area contributed by atoms with Gasteiger partial charge in [0, 0.05) is 10.0 Å². The molecule has 6 heteroatoms. The number of carbonyl (C=O) groups excluding carboxylic acids is 1. The minimum atomic E-state index is -0.252. The van der Waals surface area contributed by atoms with Gasteiger partial charge in [-0.05, 0) is 37.6 Å². The summed E-state index contributed by atoms with van der Waals surface area (Å²) in [6, 6.07) is 15.4. The van der Waals surface area contributed by atoms with Gasteiger partial charge in [0.25, 0.3) is 0 Å². The summed E-state index contributed by atoms with van der Waals surface area (Å²) in [6.45, 7) is 3.94. The molecule has 1 aromatic heterocycles. The summed E-state index contributed by atoms with van der Waals surface area (Å²) >= 11 is 4.80. The minimum Gasteiger partial charge on any atom is -0.293 e. The number of aryl methyl sites for hydroxylation is 1. The molecule has 2 aromatic carbocycles. The molecule has 0 N–H and O–H groups in total. The first-order valence-corrected chi connectivity index (χ1v) is 9.16. The standard InChI is InChI=1S/C18H16BrN3OS/c1-12-5-3-4-6-16(12)22-11-20-21-18(22)24-13(2)17(23)14-7-9-15(19)10-8-14/h3-11,13H,1-2H3/t13-/m0/s1. The molecule has 0 unspecified atom stereocenters. The number of halogens is 1. The highest BCUT2D eigenvalue weighted by Gasteiger charge is 2.20. The Balaban J connectivity index is 1.82. The fourth-order valence-corrected chi connectivity index (χ4v) is 3.54. The SMILES string of the molecule is Cc1ccccc1-n1cnnc1S[C@@H](C)C(=O)c1ccc(Br)cc1. The Hall–Kier alpha value is -1.92. The van der Waals surface area contributed by atoms with Crippen molar-refractivity contribution in [3.63, 3.8) is 0 Å². The van der Waals surface area contributed by atoms with Gasteiger partial charge in [-0.15, -0.1) is 10.2 Å². The van der Waals surface area contributed by atoms with Crippen LogP contribution in [0.4, 0.5) is 0 Å². The molecule has 0 aliphatic heterocycles. The molecule has 0 aliphatic rings. The van der Waals surface area contributed by atoms with Gasteiger partial charge < -0.3 is 0 Å². The number of nitrogens with zero attached hydrogens (tertiary/aromatic N) is 3. The fourth-order valence-electron chi connectivity index (χ4n) is 2.36. The topological polar surface area (TPSA) is 47.8 Å². The maximum absolute atomic E-state index is 12.6. The molecule has 0 saturated carbocycles. The van der Waals surface area contributed by atoms with E-state index in [2.05, 4.69) is 26.1 Å². The Morgan fingerprint density at radius 2 is 1.88 bits per heavy atom. The average Bonchev–Trinajstić information content (AvgIpc) is 3.03. The van der Waals surface area contributed by atoms with E-state index in [1.54, 1.807) is 6.33 Å². The second kappa shape index (κ2) is 7.32. The van der Waals surface area contributed by atoms with E-state index in [0.717, 1.165) is 15.7 Å². The maximum Gasteiger partial charge on any atom is 0.196 e. The zero-order valence-corrected chi connectivity index (χ0v) is 15.7. The number of para-hydroxylation sites is 1. The van der Waals surface area contributed by atoms with E-state index in [4.69, 9.17) is 0 Å². The van der Waals surface area contributed by atoms with Gasteiger partial charge in [-0.1, -0.05) is 58.0 Å². The van der Waals surface area contributed by atoms with Crippen LogP contribution in [-0.4, -0.2) is 25.8 Å². The van der Waals surface area contributed by atoms with Gasteiger partial charge >= 0.3 is 0 Å². The molecule has 1 heterocycles. The Morgan fingerprint density at radius 3 is 2.58 bits per heavy atom. The quantitative estimate of drug-likeness (QED) is 0.459. The third-order valence-corrected chi connectivity index (χ3v) is 5.26. The highest BCUT2D eigenvalue weighted by molar-refractivity contribution is 9.10. The van der Waals surface area contributed by atoms with Gasteiger partial charge in [0.1, 0.15) is 6.33 Å². The first kappa shape index (κ1) is 16.9. The van der Waals surface area contributed by atoms with E-state index in [1.807, 2.05) is 66.9 Å². The minimum absolute atomic E-state index is 0.0758. The van der Waals surface area contributed by atoms with Crippen molar-refractivity contribution in [3.05, 3.63) is 70.5 Å². The molecule has 0 spiro atoms. The highest BCUT2D eigenvalue weighted by atomic mass is 79.9. The van der Waals surface area contributed by atoms with Crippen molar-refractivity contribution in [1.29, 1.82) is 0 Å². The first-order valence-electron chi connectivity index (χ1n) is 7.48. The molecule has 1 atom stereocenters. The molecule has 4 nitrogen and oxygen atoms in total. The Labute approximate surface area is 153 Å². The number of hydrogen-bond donors (Lipinski definition) is 0. The van der Waals surface area contributed by atoms with Crippen LogP contribution in [0.25, 0.3) is 5.69 Å². The molecule has 0 radical (unpaired) electrons. The monoisotopic (exact) mass is 401 g/mol. The Morgan fingerprint density at radius 1 is 1.17 bits per heavy atom. The lowest BCUT2D eigenvalue weighted by Gasteiger charge is -2.12. The number of hydrogen-bond acceptors (Lipinski definition) is 4. The number of benzene rings is 2. The zero-order valence-electron chi connectivity index (χ0n) is 13.3. The van der Waals surface area contributed by atoms with Crippen LogP contribution in [0.2, 0.25) is 0 Å². The van der Waals surface area contributed by atoms with Crippen LogP contribution in [-0.2, 0) is 0 Å². The third-order valence-electron chi connectivity index (χ3n) is 3.67. The van der Waals surface area contributed by atoms with E-state index in [9.17, 15) is 4.79 Å². The van der Waals surface area contributed by atoms with Gasteiger partial charge in [-0.2, -0.15) is 0 Å². The average molecular weight is 402 g/mol. The van der Waals surface area contributed by atoms with Crippen LogP contribution in [0.1, 0.15) is 22.8 Å².